The summed E-state index contributed by atoms with van der Waals surface area (Å²) < 4.78 is 6.82. The first-order valence-corrected chi connectivity index (χ1v) is 9.17. The molecule has 0 amide bonds. The zero-order chi connectivity index (χ0) is 19.4. The Morgan fingerprint density at radius 3 is 2.71 bits per heavy atom. The topological polar surface area (TPSA) is 71.8 Å². The maximum absolute atomic E-state index is 11.9. The number of esters is 1. The van der Waals surface area contributed by atoms with Crippen molar-refractivity contribution in [2.75, 3.05) is 27.2 Å². The standard InChI is InChI=1S/C20H27N5O2.HI/c1-14-12-24(13-17(14)19(26)27-4)20(21-3)22-11-16-7-5-6-8-18(16)25-10-9-15(2)23-25;/h5-10,14,17H,11-13H2,1-4H3,(H,21,22);1H. The van der Waals surface area contributed by atoms with Crippen LogP contribution in [0.3, 0.4) is 0 Å². The normalized spacial score (nSPS) is 19.3. The number of rotatable bonds is 4. The maximum Gasteiger partial charge on any atom is 0.310 e. The van der Waals surface area contributed by atoms with Crippen LogP contribution in [0.1, 0.15) is 18.2 Å². The van der Waals surface area contributed by atoms with Crippen molar-refractivity contribution in [1.29, 1.82) is 0 Å². The average Bonchev–Trinajstić information content (AvgIpc) is 3.28. The van der Waals surface area contributed by atoms with Crippen LogP contribution in [0.4, 0.5) is 0 Å². The number of aryl methyl sites for hydroxylation is 1. The van der Waals surface area contributed by atoms with Crippen molar-refractivity contribution in [3.63, 3.8) is 0 Å². The molecule has 0 aliphatic carbocycles. The van der Waals surface area contributed by atoms with Crippen molar-refractivity contribution >= 4 is 35.9 Å². The van der Waals surface area contributed by atoms with Crippen molar-refractivity contribution in [3.05, 3.63) is 47.8 Å². The zero-order valence-electron chi connectivity index (χ0n) is 16.8. The fourth-order valence-corrected chi connectivity index (χ4v) is 3.54. The van der Waals surface area contributed by atoms with E-state index in [1.54, 1.807) is 7.05 Å². The van der Waals surface area contributed by atoms with E-state index in [1.807, 2.05) is 36.0 Å². The first-order chi connectivity index (χ1) is 13.0. The average molecular weight is 497 g/mol. The van der Waals surface area contributed by atoms with Crippen LogP contribution in [0.25, 0.3) is 5.69 Å². The van der Waals surface area contributed by atoms with E-state index >= 15 is 0 Å². The van der Waals surface area contributed by atoms with E-state index in [4.69, 9.17) is 4.74 Å². The molecule has 2 unspecified atom stereocenters. The lowest BCUT2D eigenvalue weighted by Gasteiger charge is -2.22. The van der Waals surface area contributed by atoms with E-state index in [9.17, 15) is 4.79 Å². The molecule has 1 aliphatic heterocycles. The Labute approximate surface area is 183 Å². The van der Waals surface area contributed by atoms with Gasteiger partial charge in [0.05, 0.1) is 24.4 Å². The third-order valence-corrected chi connectivity index (χ3v) is 5.03. The Kier molecular flexibility index (Phi) is 7.85. The second-order valence-electron chi connectivity index (χ2n) is 6.94. The summed E-state index contributed by atoms with van der Waals surface area (Å²) in [5.74, 6) is 0.753. The van der Waals surface area contributed by atoms with Crippen LogP contribution in [0.15, 0.2) is 41.5 Å². The fourth-order valence-electron chi connectivity index (χ4n) is 3.54. The Morgan fingerprint density at radius 1 is 1.32 bits per heavy atom. The van der Waals surface area contributed by atoms with Gasteiger partial charge in [0.1, 0.15) is 0 Å². The van der Waals surface area contributed by atoms with Crippen LogP contribution in [0.2, 0.25) is 0 Å². The van der Waals surface area contributed by atoms with Gasteiger partial charge in [-0.2, -0.15) is 5.10 Å². The van der Waals surface area contributed by atoms with Crippen molar-refractivity contribution in [2.24, 2.45) is 16.8 Å². The summed E-state index contributed by atoms with van der Waals surface area (Å²) in [5.41, 5.74) is 3.14. The molecule has 0 radical (unpaired) electrons. The molecule has 1 aromatic carbocycles. The molecule has 1 saturated heterocycles. The molecule has 8 heteroatoms. The molecule has 152 valence electrons. The molecule has 7 nitrogen and oxygen atoms in total. The summed E-state index contributed by atoms with van der Waals surface area (Å²) in [7, 11) is 3.21. The number of carbonyl (C=O) groups is 1. The molecule has 1 fully saturated rings. The van der Waals surface area contributed by atoms with Gasteiger partial charge in [0.25, 0.3) is 0 Å². The molecule has 2 heterocycles. The molecular weight excluding hydrogens is 469 g/mol. The fraction of sp³-hybridized carbons (Fsp3) is 0.450. The van der Waals surface area contributed by atoms with Crippen molar-refractivity contribution in [3.8, 4) is 5.69 Å². The number of aromatic nitrogens is 2. The zero-order valence-corrected chi connectivity index (χ0v) is 19.1. The number of ether oxygens (including phenoxy) is 1. The molecular formula is C20H28IN5O2. The van der Waals surface area contributed by atoms with Gasteiger partial charge < -0.3 is 15.0 Å². The van der Waals surface area contributed by atoms with Gasteiger partial charge in [-0.15, -0.1) is 24.0 Å². The summed E-state index contributed by atoms with van der Waals surface area (Å²) in [4.78, 5) is 18.5. The van der Waals surface area contributed by atoms with Crippen molar-refractivity contribution < 1.29 is 9.53 Å². The third kappa shape index (κ3) is 4.84. The summed E-state index contributed by atoms with van der Waals surface area (Å²) in [6.45, 7) is 6.07. The summed E-state index contributed by atoms with van der Waals surface area (Å²) in [5, 5.41) is 7.94. The lowest BCUT2D eigenvalue weighted by atomic mass is 9.99. The number of guanidine groups is 1. The number of likely N-dealkylation sites (tertiary alicyclic amines) is 1. The highest BCUT2D eigenvalue weighted by Gasteiger charge is 2.36. The number of nitrogens with zero attached hydrogens (tertiary/aromatic N) is 4. The highest BCUT2D eigenvalue weighted by Crippen LogP contribution is 2.24. The van der Waals surface area contributed by atoms with Crippen LogP contribution < -0.4 is 5.32 Å². The molecule has 0 saturated carbocycles. The van der Waals surface area contributed by atoms with Gasteiger partial charge in [0.15, 0.2) is 5.96 Å². The molecule has 1 N–H and O–H groups in total. The number of carbonyl (C=O) groups excluding carboxylic acids is 1. The molecule has 2 aromatic rings. The second kappa shape index (κ2) is 9.90. The third-order valence-electron chi connectivity index (χ3n) is 5.03. The van der Waals surface area contributed by atoms with Crippen molar-refractivity contribution in [1.82, 2.24) is 20.0 Å². The van der Waals surface area contributed by atoms with Crippen molar-refractivity contribution in [2.45, 2.75) is 20.4 Å². The monoisotopic (exact) mass is 497 g/mol. The number of nitrogens with one attached hydrogen (secondary N) is 1. The number of benzene rings is 1. The Hall–Kier alpha value is -2.10. The maximum atomic E-state index is 11.9. The van der Waals surface area contributed by atoms with Gasteiger partial charge in [-0.1, -0.05) is 25.1 Å². The molecule has 1 aliphatic rings. The molecule has 3 rings (SSSR count). The summed E-state index contributed by atoms with van der Waals surface area (Å²) in [6.07, 6.45) is 1.96. The van der Waals surface area contributed by atoms with E-state index in [1.165, 1.54) is 7.11 Å². The van der Waals surface area contributed by atoms with Crippen LogP contribution >= 0.6 is 24.0 Å². The predicted molar refractivity (Wildman–Crippen MR) is 120 cm³/mol. The number of halogens is 1. The van der Waals surface area contributed by atoms with Gasteiger partial charge in [-0.3, -0.25) is 9.79 Å². The Morgan fingerprint density at radius 2 is 2.07 bits per heavy atom. The van der Waals surface area contributed by atoms with E-state index < -0.39 is 0 Å². The number of methoxy groups -OCH3 is 1. The van der Waals surface area contributed by atoms with Gasteiger partial charge in [-0.25, -0.2) is 4.68 Å². The second-order valence-corrected chi connectivity index (χ2v) is 6.94. The Bertz CT molecular complexity index is 836. The molecule has 1 aromatic heterocycles. The van der Waals surface area contributed by atoms with E-state index in [0.717, 1.165) is 29.4 Å². The van der Waals surface area contributed by atoms with E-state index in [2.05, 4.69) is 39.4 Å². The van der Waals surface area contributed by atoms with Crippen LogP contribution in [-0.2, 0) is 16.1 Å². The minimum atomic E-state index is -0.153. The minimum Gasteiger partial charge on any atom is -0.469 e. The predicted octanol–water partition coefficient (Wildman–Crippen LogP) is 2.62. The van der Waals surface area contributed by atoms with Gasteiger partial charge >= 0.3 is 5.97 Å². The number of hydrogen-bond donors (Lipinski definition) is 1. The molecule has 0 spiro atoms. The first kappa shape index (κ1) is 22.2. The molecule has 2 atom stereocenters. The van der Waals surface area contributed by atoms with Crippen LogP contribution in [0.5, 0.6) is 0 Å². The summed E-state index contributed by atoms with van der Waals surface area (Å²) in [6, 6.07) is 10.1. The van der Waals surface area contributed by atoms with Crippen LogP contribution in [-0.4, -0.2) is 53.9 Å². The smallest absolute Gasteiger partial charge is 0.310 e. The Balaban J connectivity index is 0.00000280. The number of hydrogen-bond acceptors (Lipinski definition) is 4. The van der Waals surface area contributed by atoms with E-state index in [-0.39, 0.29) is 41.8 Å². The van der Waals surface area contributed by atoms with Gasteiger partial charge in [0, 0.05) is 32.9 Å². The molecule has 28 heavy (non-hydrogen) atoms. The molecule has 0 bridgehead atoms. The van der Waals surface area contributed by atoms with Gasteiger partial charge in [0.2, 0.25) is 0 Å². The van der Waals surface area contributed by atoms with Crippen LogP contribution in [0, 0.1) is 18.8 Å². The van der Waals surface area contributed by atoms with E-state index in [0.29, 0.717) is 13.1 Å². The lowest BCUT2D eigenvalue weighted by Crippen LogP contribution is -2.40. The summed E-state index contributed by atoms with van der Waals surface area (Å²) >= 11 is 0. The first-order valence-electron chi connectivity index (χ1n) is 9.17. The SMILES string of the molecule is CN=C(NCc1ccccc1-n1ccc(C)n1)N1CC(C)C(C(=O)OC)C1.I. The highest BCUT2D eigenvalue weighted by molar-refractivity contribution is 14.0. The minimum absolute atomic E-state index is 0. The largest absolute Gasteiger partial charge is 0.469 e. The number of aliphatic imine (C=N–C) groups is 1. The highest BCUT2D eigenvalue weighted by atomic mass is 127. The quantitative estimate of drug-likeness (QED) is 0.305. The van der Waals surface area contributed by atoms with Gasteiger partial charge in [-0.05, 0) is 30.5 Å². The number of para-hydroxylation sites is 1. The lowest BCUT2D eigenvalue weighted by molar-refractivity contribution is -0.145.